The van der Waals surface area contributed by atoms with Gasteiger partial charge >= 0.3 is 0 Å². The lowest BCUT2D eigenvalue weighted by atomic mass is 9.93. The topological polar surface area (TPSA) is 17.8 Å². The number of imidazole rings is 1. The zero-order valence-electron chi connectivity index (χ0n) is 7.05. The van der Waals surface area contributed by atoms with E-state index in [0.717, 1.165) is 0 Å². The number of hydrogen-bond donors (Lipinski definition) is 0. The molecule has 2 heteroatoms. The van der Waals surface area contributed by atoms with Crippen molar-refractivity contribution in [1.29, 1.82) is 0 Å². The molecule has 0 aromatic carbocycles. The van der Waals surface area contributed by atoms with Crippen molar-refractivity contribution in [2.75, 3.05) is 0 Å². The molecule has 1 heterocycles. The van der Waals surface area contributed by atoms with Gasteiger partial charge in [0.15, 0.2) is 0 Å². The zero-order valence-corrected chi connectivity index (χ0v) is 7.05. The largest absolute Gasteiger partial charge is 0.337 e. The summed E-state index contributed by atoms with van der Waals surface area (Å²) in [5.74, 6) is 0. The van der Waals surface area contributed by atoms with Crippen molar-refractivity contribution >= 4 is 0 Å². The fraction of sp³-hybridized carbons (Fsp3) is 0.625. The highest BCUT2D eigenvalue weighted by molar-refractivity contribution is 5.09. The molecule has 2 nitrogen and oxygen atoms in total. The molecule has 0 amide bonds. The molecule has 0 atom stereocenters. The van der Waals surface area contributed by atoms with Crippen molar-refractivity contribution in [3.63, 3.8) is 0 Å². The summed E-state index contributed by atoms with van der Waals surface area (Å²) in [5, 5.41) is 0. The van der Waals surface area contributed by atoms with Gasteiger partial charge in [-0.3, -0.25) is 0 Å². The van der Waals surface area contributed by atoms with Crippen LogP contribution in [0.3, 0.4) is 0 Å². The Balaban J connectivity index is 3.05. The van der Waals surface area contributed by atoms with E-state index < -0.39 is 0 Å². The first-order valence-electron chi connectivity index (χ1n) is 3.48. The van der Waals surface area contributed by atoms with E-state index in [4.69, 9.17) is 0 Å². The third-order valence-corrected chi connectivity index (χ3v) is 1.59. The van der Waals surface area contributed by atoms with Crippen LogP contribution in [0.15, 0.2) is 12.5 Å². The highest BCUT2D eigenvalue weighted by atomic mass is 15.0. The first-order valence-corrected chi connectivity index (χ1v) is 3.48. The average molecular weight is 138 g/mol. The van der Waals surface area contributed by atoms with Gasteiger partial charge in [-0.25, -0.2) is 4.98 Å². The Morgan fingerprint density at radius 3 is 2.20 bits per heavy atom. The summed E-state index contributed by atoms with van der Waals surface area (Å²) in [6.45, 7) is 6.55. The number of rotatable bonds is 0. The van der Waals surface area contributed by atoms with Gasteiger partial charge in [0.2, 0.25) is 0 Å². The van der Waals surface area contributed by atoms with Crippen LogP contribution in [0.1, 0.15) is 26.5 Å². The molecule has 0 bridgehead atoms. The van der Waals surface area contributed by atoms with Crippen LogP contribution in [0.2, 0.25) is 0 Å². The van der Waals surface area contributed by atoms with Gasteiger partial charge < -0.3 is 4.57 Å². The summed E-state index contributed by atoms with van der Waals surface area (Å²) in [6, 6.07) is 0. The standard InChI is InChI=1S/C8H14N2/c1-8(2,3)7-5-9-6-10(7)4/h5-6H,1-4H3. The molecular weight excluding hydrogens is 124 g/mol. The number of aromatic nitrogens is 2. The van der Waals surface area contributed by atoms with Gasteiger partial charge in [-0.15, -0.1) is 0 Å². The van der Waals surface area contributed by atoms with Crippen LogP contribution in [-0.4, -0.2) is 9.55 Å². The summed E-state index contributed by atoms with van der Waals surface area (Å²) in [5.41, 5.74) is 1.48. The molecule has 1 aromatic heterocycles. The van der Waals surface area contributed by atoms with Crippen LogP contribution in [0, 0.1) is 0 Å². The van der Waals surface area contributed by atoms with Gasteiger partial charge in [-0.1, -0.05) is 20.8 Å². The Bertz CT molecular complexity index is 217. The van der Waals surface area contributed by atoms with E-state index in [1.807, 2.05) is 19.6 Å². The molecule has 0 spiro atoms. The maximum atomic E-state index is 4.05. The lowest BCUT2D eigenvalue weighted by molar-refractivity contribution is 0.543. The van der Waals surface area contributed by atoms with Gasteiger partial charge in [-0.2, -0.15) is 0 Å². The molecule has 0 fully saturated rings. The average Bonchev–Trinajstić information content (AvgIpc) is 2.11. The Hall–Kier alpha value is -0.790. The lowest BCUT2D eigenvalue weighted by Gasteiger charge is -2.18. The first kappa shape index (κ1) is 7.32. The van der Waals surface area contributed by atoms with Gasteiger partial charge in [0.05, 0.1) is 6.33 Å². The number of nitrogens with zero attached hydrogens (tertiary/aromatic N) is 2. The van der Waals surface area contributed by atoms with E-state index >= 15 is 0 Å². The second-order valence-corrected chi connectivity index (χ2v) is 3.64. The molecule has 0 unspecified atom stereocenters. The van der Waals surface area contributed by atoms with Crippen LogP contribution in [0.5, 0.6) is 0 Å². The molecule has 0 saturated heterocycles. The Kier molecular flexibility index (Phi) is 1.55. The first-order chi connectivity index (χ1) is 4.52. The van der Waals surface area contributed by atoms with Gasteiger partial charge in [0.25, 0.3) is 0 Å². The predicted octanol–water partition coefficient (Wildman–Crippen LogP) is 1.72. The third kappa shape index (κ3) is 1.20. The maximum absolute atomic E-state index is 4.05. The van der Waals surface area contributed by atoms with Gasteiger partial charge in [-0.05, 0) is 0 Å². The summed E-state index contributed by atoms with van der Waals surface area (Å²) >= 11 is 0. The van der Waals surface area contributed by atoms with Crippen molar-refractivity contribution in [1.82, 2.24) is 9.55 Å². The summed E-state index contributed by atoms with van der Waals surface area (Å²) in [7, 11) is 2.02. The molecule has 56 valence electrons. The molecule has 1 rings (SSSR count). The number of aryl methyl sites for hydroxylation is 1. The molecule has 0 aliphatic heterocycles. The Morgan fingerprint density at radius 2 is 2.00 bits per heavy atom. The quantitative estimate of drug-likeness (QED) is 0.533. The van der Waals surface area contributed by atoms with E-state index in [1.165, 1.54) is 5.69 Å². The summed E-state index contributed by atoms with van der Waals surface area (Å²) in [6.07, 6.45) is 3.75. The minimum absolute atomic E-state index is 0.214. The normalized spacial score (nSPS) is 12.0. The highest BCUT2D eigenvalue weighted by Gasteiger charge is 2.16. The Morgan fingerprint density at radius 1 is 1.40 bits per heavy atom. The zero-order chi connectivity index (χ0) is 7.78. The highest BCUT2D eigenvalue weighted by Crippen LogP contribution is 2.19. The van der Waals surface area contributed by atoms with E-state index in [2.05, 4.69) is 30.3 Å². The van der Waals surface area contributed by atoms with E-state index in [0.29, 0.717) is 0 Å². The fourth-order valence-electron chi connectivity index (χ4n) is 1.08. The monoisotopic (exact) mass is 138 g/mol. The van der Waals surface area contributed by atoms with Crippen molar-refractivity contribution in [3.8, 4) is 0 Å². The van der Waals surface area contributed by atoms with Crippen molar-refractivity contribution < 1.29 is 0 Å². The van der Waals surface area contributed by atoms with Crippen LogP contribution < -0.4 is 0 Å². The van der Waals surface area contributed by atoms with Crippen molar-refractivity contribution in [3.05, 3.63) is 18.2 Å². The van der Waals surface area contributed by atoms with Crippen LogP contribution in [0.25, 0.3) is 0 Å². The fourth-order valence-corrected chi connectivity index (χ4v) is 1.08. The second-order valence-electron chi connectivity index (χ2n) is 3.64. The summed E-state index contributed by atoms with van der Waals surface area (Å²) in [4.78, 5) is 4.05. The van der Waals surface area contributed by atoms with Crippen molar-refractivity contribution in [2.45, 2.75) is 26.2 Å². The van der Waals surface area contributed by atoms with Crippen LogP contribution in [-0.2, 0) is 12.5 Å². The SMILES string of the molecule is Cn1cncc1C(C)(C)C. The molecule has 0 saturated carbocycles. The minimum atomic E-state index is 0.214. The maximum Gasteiger partial charge on any atom is 0.0945 e. The van der Waals surface area contributed by atoms with E-state index in [1.54, 1.807) is 0 Å². The third-order valence-electron chi connectivity index (χ3n) is 1.59. The molecule has 0 N–H and O–H groups in total. The predicted molar refractivity (Wildman–Crippen MR) is 41.9 cm³/mol. The van der Waals surface area contributed by atoms with Crippen molar-refractivity contribution in [2.24, 2.45) is 7.05 Å². The smallest absolute Gasteiger partial charge is 0.0945 e. The summed E-state index contributed by atoms with van der Waals surface area (Å²) < 4.78 is 2.06. The Labute approximate surface area is 61.9 Å². The van der Waals surface area contributed by atoms with Crippen LogP contribution in [0.4, 0.5) is 0 Å². The molecule has 0 radical (unpaired) electrons. The molecule has 10 heavy (non-hydrogen) atoms. The molecule has 1 aromatic rings. The number of hydrogen-bond acceptors (Lipinski definition) is 1. The lowest BCUT2D eigenvalue weighted by Crippen LogP contribution is -2.15. The van der Waals surface area contributed by atoms with E-state index in [9.17, 15) is 0 Å². The minimum Gasteiger partial charge on any atom is -0.337 e. The van der Waals surface area contributed by atoms with Crippen LogP contribution >= 0.6 is 0 Å². The van der Waals surface area contributed by atoms with E-state index in [-0.39, 0.29) is 5.41 Å². The second kappa shape index (κ2) is 2.11. The van der Waals surface area contributed by atoms with Gasteiger partial charge in [0, 0.05) is 24.4 Å². The molecule has 0 aliphatic carbocycles. The molecule has 0 aliphatic rings. The molecular formula is C8H14N2. The van der Waals surface area contributed by atoms with Gasteiger partial charge in [0.1, 0.15) is 0 Å².